The molecule has 4 heteroatoms. The van der Waals surface area contributed by atoms with Crippen LogP contribution >= 0.6 is 24.0 Å². The summed E-state index contributed by atoms with van der Waals surface area (Å²) in [5, 5.41) is 7.05. The van der Waals surface area contributed by atoms with Gasteiger partial charge in [0.05, 0.1) is 5.41 Å². The number of carbonyl (C=O) groups excluding carboxylic acids is 1. The molecular weight excluding hydrogens is 387 g/mol. The molecule has 1 amide bonds. The van der Waals surface area contributed by atoms with Gasteiger partial charge in [-0.1, -0.05) is 19.3 Å². The summed E-state index contributed by atoms with van der Waals surface area (Å²) < 4.78 is 0. The zero-order chi connectivity index (χ0) is 15.1. The van der Waals surface area contributed by atoms with Gasteiger partial charge in [-0.2, -0.15) is 0 Å². The molecule has 0 aromatic heterocycles. The van der Waals surface area contributed by atoms with Crippen LogP contribution < -0.4 is 10.6 Å². The van der Waals surface area contributed by atoms with Crippen molar-refractivity contribution in [2.24, 2.45) is 11.3 Å². The van der Waals surface area contributed by atoms with Gasteiger partial charge in [-0.25, -0.2) is 0 Å². The second kappa shape index (κ2) is 6.96. The van der Waals surface area contributed by atoms with Crippen LogP contribution in [0.4, 0.5) is 0 Å². The second-order valence-electron chi connectivity index (χ2n) is 8.74. The highest BCUT2D eigenvalue weighted by atomic mass is 127. The van der Waals surface area contributed by atoms with Crippen LogP contribution in [0.25, 0.3) is 0 Å². The molecule has 0 spiro atoms. The Hall–Kier alpha value is 0.160. The van der Waals surface area contributed by atoms with Crippen LogP contribution in [0.1, 0.15) is 78.6 Å². The van der Waals surface area contributed by atoms with Gasteiger partial charge in [0.15, 0.2) is 0 Å². The number of nitrogens with one attached hydrogen (secondary N) is 2. The molecule has 2 heterocycles. The molecule has 1 aliphatic carbocycles. The third kappa shape index (κ3) is 3.80. The molecule has 3 aliphatic rings. The smallest absolute Gasteiger partial charge is 0.227 e. The van der Waals surface area contributed by atoms with E-state index in [4.69, 9.17) is 0 Å². The van der Waals surface area contributed by atoms with Crippen molar-refractivity contribution < 1.29 is 4.79 Å². The lowest BCUT2D eigenvalue weighted by atomic mass is 9.61. The number of piperidine rings is 1. The van der Waals surface area contributed by atoms with Crippen molar-refractivity contribution >= 4 is 29.9 Å². The van der Waals surface area contributed by atoms with Crippen LogP contribution in [0.3, 0.4) is 0 Å². The minimum atomic E-state index is -0.122. The molecule has 2 unspecified atom stereocenters. The van der Waals surface area contributed by atoms with Crippen molar-refractivity contribution in [2.75, 3.05) is 0 Å². The minimum absolute atomic E-state index is 0. The molecule has 3 fully saturated rings. The summed E-state index contributed by atoms with van der Waals surface area (Å²) in [5.74, 6) is 0.957. The average molecular weight is 420 g/mol. The zero-order valence-electron chi connectivity index (χ0n) is 14.4. The number of halogens is 1. The van der Waals surface area contributed by atoms with Crippen LogP contribution in [-0.4, -0.2) is 23.5 Å². The van der Waals surface area contributed by atoms with Gasteiger partial charge in [0.1, 0.15) is 0 Å². The van der Waals surface area contributed by atoms with Gasteiger partial charge in [0.25, 0.3) is 0 Å². The number of fused-ring (bicyclic) bond motifs is 2. The standard InChI is InChI=1S/C18H32N2O.HI/c1-17(2,3)20-16(21)18(13-7-5-4-6-8-13)11-14-9-10-15(12-18)19-14;/h13-15,19H,4-12H2,1-3H3,(H,20,21);1H. The van der Waals surface area contributed by atoms with E-state index < -0.39 is 0 Å². The number of rotatable bonds is 2. The van der Waals surface area contributed by atoms with E-state index in [9.17, 15) is 4.79 Å². The minimum Gasteiger partial charge on any atom is -0.351 e. The first-order valence-corrected chi connectivity index (χ1v) is 8.98. The zero-order valence-corrected chi connectivity index (χ0v) is 16.7. The Morgan fingerprint density at radius 1 is 1.00 bits per heavy atom. The van der Waals surface area contributed by atoms with Crippen LogP contribution in [0.2, 0.25) is 0 Å². The van der Waals surface area contributed by atoms with E-state index in [2.05, 4.69) is 31.4 Å². The monoisotopic (exact) mass is 420 g/mol. The van der Waals surface area contributed by atoms with Crippen LogP contribution in [0, 0.1) is 11.3 Å². The maximum atomic E-state index is 13.2. The van der Waals surface area contributed by atoms with E-state index in [0.717, 1.165) is 12.8 Å². The highest BCUT2D eigenvalue weighted by Gasteiger charge is 2.53. The lowest BCUT2D eigenvalue weighted by molar-refractivity contribution is -0.140. The van der Waals surface area contributed by atoms with Crippen LogP contribution in [0.5, 0.6) is 0 Å². The third-order valence-corrected chi connectivity index (χ3v) is 5.88. The quantitative estimate of drug-likeness (QED) is 0.664. The molecule has 128 valence electrons. The molecule has 0 radical (unpaired) electrons. The topological polar surface area (TPSA) is 41.1 Å². The molecule has 2 aliphatic heterocycles. The van der Waals surface area contributed by atoms with Gasteiger partial charge in [-0.15, -0.1) is 24.0 Å². The Morgan fingerprint density at radius 2 is 1.55 bits per heavy atom. The maximum Gasteiger partial charge on any atom is 0.227 e. The fourth-order valence-corrected chi connectivity index (χ4v) is 5.01. The largest absolute Gasteiger partial charge is 0.351 e. The van der Waals surface area contributed by atoms with Crippen LogP contribution in [-0.2, 0) is 4.79 Å². The second-order valence-corrected chi connectivity index (χ2v) is 8.74. The Labute approximate surface area is 152 Å². The Bertz CT molecular complexity index is 386. The summed E-state index contributed by atoms with van der Waals surface area (Å²) >= 11 is 0. The summed E-state index contributed by atoms with van der Waals surface area (Å²) in [6.45, 7) is 6.32. The van der Waals surface area contributed by atoms with Crippen molar-refractivity contribution in [3.63, 3.8) is 0 Å². The Balaban J connectivity index is 0.00000176. The van der Waals surface area contributed by atoms with Crippen molar-refractivity contribution in [1.29, 1.82) is 0 Å². The normalized spacial score (nSPS) is 35.8. The number of hydrogen-bond acceptors (Lipinski definition) is 2. The van der Waals surface area contributed by atoms with Gasteiger partial charge >= 0.3 is 0 Å². The number of hydrogen-bond donors (Lipinski definition) is 2. The summed E-state index contributed by atoms with van der Waals surface area (Å²) in [6.07, 6.45) is 11.2. The molecule has 2 atom stereocenters. The molecular formula is C18H33IN2O. The number of amides is 1. The SMILES string of the molecule is CC(C)(C)NC(=O)C1(C2CCCCC2)CC2CCC(C1)N2.I. The van der Waals surface area contributed by atoms with E-state index in [1.807, 2.05) is 0 Å². The Morgan fingerprint density at radius 3 is 2.05 bits per heavy atom. The van der Waals surface area contributed by atoms with Gasteiger partial charge < -0.3 is 10.6 Å². The van der Waals surface area contributed by atoms with E-state index in [0.29, 0.717) is 23.9 Å². The maximum absolute atomic E-state index is 13.2. The lowest BCUT2D eigenvalue weighted by Crippen LogP contribution is -2.58. The first-order chi connectivity index (χ1) is 9.89. The highest BCUT2D eigenvalue weighted by molar-refractivity contribution is 14.0. The molecule has 22 heavy (non-hydrogen) atoms. The average Bonchev–Trinajstić information content (AvgIpc) is 2.77. The molecule has 0 aromatic rings. The summed E-state index contributed by atoms with van der Waals surface area (Å²) in [4.78, 5) is 13.2. The lowest BCUT2D eigenvalue weighted by Gasteiger charge is -2.47. The molecule has 2 bridgehead atoms. The van der Waals surface area contributed by atoms with Gasteiger partial charge in [0, 0.05) is 17.6 Å². The molecule has 3 rings (SSSR count). The molecule has 2 N–H and O–H groups in total. The predicted octanol–water partition coefficient (Wildman–Crippen LogP) is 4.00. The highest BCUT2D eigenvalue weighted by Crippen LogP contribution is 2.50. The third-order valence-electron chi connectivity index (χ3n) is 5.88. The van der Waals surface area contributed by atoms with E-state index in [1.165, 1.54) is 44.9 Å². The van der Waals surface area contributed by atoms with E-state index in [1.54, 1.807) is 0 Å². The van der Waals surface area contributed by atoms with Crippen molar-refractivity contribution in [1.82, 2.24) is 10.6 Å². The summed E-state index contributed by atoms with van der Waals surface area (Å²) in [6, 6.07) is 1.16. The van der Waals surface area contributed by atoms with E-state index in [-0.39, 0.29) is 34.9 Å². The van der Waals surface area contributed by atoms with Gasteiger partial charge in [-0.3, -0.25) is 4.79 Å². The molecule has 3 nitrogen and oxygen atoms in total. The fraction of sp³-hybridized carbons (Fsp3) is 0.944. The first kappa shape index (κ1) is 18.5. The molecule has 1 saturated carbocycles. The number of carbonyl (C=O) groups is 1. The van der Waals surface area contributed by atoms with Crippen molar-refractivity contribution in [3.8, 4) is 0 Å². The summed E-state index contributed by atoms with van der Waals surface area (Å²) in [7, 11) is 0. The van der Waals surface area contributed by atoms with Gasteiger partial charge in [-0.05, 0) is 65.2 Å². The molecule has 2 saturated heterocycles. The van der Waals surface area contributed by atoms with Crippen molar-refractivity contribution in [2.45, 2.75) is 96.2 Å². The first-order valence-electron chi connectivity index (χ1n) is 8.98. The Kier molecular flexibility index (Phi) is 5.85. The predicted molar refractivity (Wildman–Crippen MR) is 101 cm³/mol. The van der Waals surface area contributed by atoms with Gasteiger partial charge in [0.2, 0.25) is 5.91 Å². The fourth-order valence-electron chi connectivity index (χ4n) is 5.01. The molecule has 0 aromatic carbocycles. The van der Waals surface area contributed by atoms with E-state index >= 15 is 0 Å². The van der Waals surface area contributed by atoms with Crippen molar-refractivity contribution in [3.05, 3.63) is 0 Å². The summed E-state index contributed by atoms with van der Waals surface area (Å²) in [5.41, 5.74) is -0.215. The van der Waals surface area contributed by atoms with Crippen LogP contribution in [0.15, 0.2) is 0 Å².